The van der Waals surface area contributed by atoms with E-state index >= 15 is 0 Å². The van der Waals surface area contributed by atoms with Crippen molar-refractivity contribution in [1.29, 1.82) is 0 Å². The van der Waals surface area contributed by atoms with Crippen molar-refractivity contribution in [3.63, 3.8) is 0 Å². The molecule has 1 aromatic carbocycles. The minimum absolute atomic E-state index is 0.111. The number of nitrogens with one attached hydrogen (secondary N) is 3. The second kappa shape index (κ2) is 10.6. The van der Waals surface area contributed by atoms with Gasteiger partial charge in [-0.2, -0.15) is 5.10 Å². The van der Waals surface area contributed by atoms with E-state index in [1.165, 1.54) is 22.2 Å². The highest BCUT2D eigenvalue weighted by Crippen LogP contribution is 2.30. The van der Waals surface area contributed by atoms with Crippen LogP contribution >= 0.6 is 0 Å². The zero-order valence-corrected chi connectivity index (χ0v) is 20.5. The average Bonchev–Trinajstić information content (AvgIpc) is 3.63. The van der Waals surface area contributed by atoms with Gasteiger partial charge in [0.2, 0.25) is 0 Å². The summed E-state index contributed by atoms with van der Waals surface area (Å²) in [7, 11) is 0. The number of aromatic nitrogens is 4. The number of hydrogen-bond donors (Lipinski definition) is 6. The predicted octanol–water partition coefficient (Wildman–Crippen LogP) is 0.244. The van der Waals surface area contributed by atoms with E-state index in [1.54, 1.807) is 0 Å². The van der Waals surface area contributed by atoms with E-state index in [1.807, 2.05) is 35.2 Å². The van der Waals surface area contributed by atoms with E-state index in [0.29, 0.717) is 13.1 Å². The summed E-state index contributed by atoms with van der Waals surface area (Å²) in [6, 6.07) is 10.5. The first-order valence-corrected chi connectivity index (χ1v) is 11.9. The van der Waals surface area contributed by atoms with E-state index in [4.69, 9.17) is 16.8 Å². The topological polar surface area (TPSA) is 203 Å². The first-order valence-electron chi connectivity index (χ1n) is 11.9. The fourth-order valence-corrected chi connectivity index (χ4v) is 4.57. The number of aromatic carboxylic acids is 1. The summed E-state index contributed by atoms with van der Waals surface area (Å²) in [5.41, 5.74) is 3.43. The summed E-state index contributed by atoms with van der Waals surface area (Å²) >= 11 is 0. The Bertz CT molecular complexity index is 1530. The van der Waals surface area contributed by atoms with Crippen molar-refractivity contribution < 1.29 is 23.9 Å². The molecule has 4 aromatic rings. The molecule has 1 saturated heterocycles. The van der Waals surface area contributed by atoms with Crippen LogP contribution in [0.15, 0.2) is 48.8 Å². The number of carboxylic acids is 1. The molecule has 1 amide bonds. The number of pyridine rings is 1. The molecule has 1 aliphatic rings. The molecule has 0 radical (unpaired) electrons. The molecular formula is C24H25FN10O4. The lowest BCUT2D eigenvalue weighted by molar-refractivity contribution is -0.128. The number of piperazine rings is 1. The van der Waals surface area contributed by atoms with E-state index in [2.05, 4.69) is 25.6 Å². The number of amides is 1. The number of nitrogens with two attached hydrogens (primary N) is 2. The Morgan fingerprint density at radius 1 is 1.15 bits per heavy atom. The first kappa shape index (κ1) is 25.9. The van der Waals surface area contributed by atoms with E-state index in [0.717, 1.165) is 11.9 Å². The van der Waals surface area contributed by atoms with Crippen molar-refractivity contribution >= 4 is 34.3 Å². The molecule has 8 N–H and O–H groups in total. The second-order valence-electron chi connectivity index (χ2n) is 8.82. The van der Waals surface area contributed by atoms with E-state index in [-0.39, 0.29) is 46.6 Å². The fraction of sp³-hybridized carbons (Fsp3) is 0.208. The number of hydrogen-bond acceptors (Lipinski definition) is 10. The fourth-order valence-electron chi connectivity index (χ4n) is 4.57. The molecule has 0 aliphatic carbocycles. The minimum Gasteiger partial charge on any atom is -0.477 e. The molecule has 202 valence electrons. The number of Topliss-reactive ketones (excluding diaryl/α,β-unsaturated/α-hetero) is 1. The normalized spacial score (nSPS) is 14.9. The average molecular weight is 537 g/mol. The third-order valence-corrected chi connectivity index (χ3v) is 6.57. The monoisotopic (exact) mass is 536 g/mol. The maximum absolute atomic E-state index is 14.8. The number of para-hydroxylation sites is 1. The molecule has 1 fully saturated rings. The van der Waals surface area contributed by atoms with Crippen LogP contribution in [0.5, 0.6) is 0 Å². The van der Waals surface area contributed by atoms with Gasteiger partial charge in [0, 0.05) is 38.4 Å². The smallest absolute Gasteiger partial charge is 0.353 e. The third-order valence-electron chi connectivity index (χ3n) is 6.57. The molecule has 5 rings (SSSR count). The molecule has 14 nitrogen and oxygen atoms in total. The molecule has 1 aliphatic heterocycles. The Morgan fingerprint density at radius 2 is 1.87 bits per heavy atom. The number of benzene rings is 1. The van der Waals surface area contributed by atoms with E-state index in [9.17, 15) is 18.8 Å². The highest BCUT2D eigenvalue weighted by molar-refractivity contribution is 6.45. The Hall–Kier alpha value is -4.70. The third kappa shape index (κ3) is 4.82. The number of fused-ring (bicyclic) bond motifs is 1. The van der Waals surface area contributed by atoms with Crippen LogP contribution in [0.2, 0.25) is 0 Å². The van der Waals surface area contributed by atoms with Gasteiger partial charge in [-0.05, 0) is 12.1 Å². The maximum Gasteiger partial charge on any atom is 0.353 e. The van der Waals surface area contributed by atoms with Crippen LogP contribution in [0.4, 0.5) is 10.1 Å². The largest absolute Gasteiger partial charge is 0.477 e. The van der Waals surface area contributed by atoms with Crippen molar-refractivity contribution in [3.8, 4) is 11.4 Å². The Balaban J connectivity index is 1.32. The highest BCUT2D eigenvalue weighted by Gasteiger charge is 2.33. The summed E-state index contributed by atoms with van der Waals surface area (Å²) in [4.78, 5) is 47.6. The number of carbonyl (C=O) groups is 3. The molecule has 39 heavy (non-hydrogen) atoms. The lowest BCUT2D eigenvalue weighted by atomic mass is 10.1. The molecule has 0 bridgehead atoms. The van der Waals surface area contributed by atoms with Gasteiger partial charge in [-0.3, -0.25) is 30.4 Å². The highest BCUT2D eigenvalue weighted by atomic mass is 19.1. The van der Waals surface area contributed by atoms with Crippen LogP contribution in [0.1, 0.15) is 20.8 Å². The number of ketones is 1. The summed E-state index contributed by atoms with van der Waals surface area (Å²) in [5, 5.41) is 16.7. The van der Waals surface area contributed by atoms with Crippen molar-refractivity contribution in [3.05, 3.63) is 65.9 Å². The number of nitrogens with zero attached hydrogens (tertiary/aromatic N) is 5. The summed E-state index contributed by atoms with van der Waals surface area (Å²) in [6.45, 7) is 1.17. The van der Waals surface area contributed by atoms with Crippen LogP contribution in [-0.2, 0) is 4.79 Å². The van der Waals surface area contributed by atoms with Crippen LogP contribution < -0.4 is 22.1 Å². The molecule has 1 atom stereocenters. The van der Waals surface area contributed by atoms with Crippen LogP contribution in [0, 0.1) is 5.82 Å². The van der Waals surface area contributed by atoms with Crippen molar-refractivity contribution in [2.24, 2.45) is 11.7 Å². The number of carbonyl (C=O) groups excluding carboxylic acids is 2. The number of hydrazine groups is 2. The van der Waals surface area contributed by atoms with Gasteiger partial charge < -0.3 is 15.0 Å². The Morgan fingerprint density at radius 3 is 2.51 bits per heavy atom. The molecule has 15 heteroatoms. The van der Waals surface area contributed by atoms with Gasteiger partial charge in [-0.1, -0.05) is 18.2 Å². The van der Waals surface area contributed by atoms with Crippen LogP contribution in [-0.4, -0.2) is 85.2 Å². The summed E-state index contributed by atoms with van der Waals surface area (Å²) in [5.74, 6) is 8.30. The zero-order valence-electron chi connectivity index (χ0n) is 20.5. The van der Waals surface area contributed by atoms with Crippen LogP contribution in [0.25, 0.3) is 22.3 Å². The van der Waals surface area contributed by atoms with Crippen molar-refractivity contribution in [2.45, 2.75) is 6.29 Å². The molecular weight excluding hydrogens is 511 g/mol. The summed E-state index contributed by atoms with van der Waals surface area (Å²) in [6.07, 6.45) is 1.57. The second-order valence-corrected chi connectivity index (χ2v) is 8.82. The van der Waals surface area contributed by atoms with Gasteiger partial charge in [0.1, 0.15) is 17.1 Å². The molecule has 3 aromatic heterocycles. The number of H-pyrrole nitrogens is 2. The quantitative estimate of drug-likeness (QED) is 0.0592. The van der Waals surface area contributed by atoms with Crippen molar-refractivity contribution in [2.75, 3.05) is 31.2 Å². The van der Waals surface area contributed by atoms with Gasteiger partial charge in [0.05, 0.1) is 28.4 Å². The van der Waals surface area contributed by atoms with Gasteiger partial charge in [0.15, 0.2) is 12.1 Å². The zero-order chi connectivity index (χ0) is 27.7. The Labute approximate surface area is 220 Å². The Kier molecular flexibility index (Phi) is 7.03. The van der Waals surface area contributed by atoms with Crippen LogP contribution in [0.3, 0.4) is 0 Å². The number of carboxylic acid groups (broad SMARTS) is 1. The number of anilines is 1. The van der Waals surface area contributed by atoms with Gasteiger partial charge in [-0.15, -0.1) is 0 Å². The van der Waals surface area contributed by atoms with Gasteiger partial charge >= 0.3 is 5.97 Å². The first-order chi connectivity index (χ1) is 18.8. The van der Waals surface area contributed by atoms with E-state index < -0.39 is 29.8 Å². The minimum atomic E-state index is -1.23. The predicted molar refractivity (Wildman–Crippen MR) is 137 cm³/mol. The number of rotatable bonds is 8. The summed E-state index contributed by atoms with van der Waals surface area (Å²) < 4.78 is 14.8. The lowest BCUT2D eigenvalue weighted by Crippen LogP contribution is -2.65. The maximum atomic E-state index is 14.8. The van der Waals surface area contributed by atoms with Crippen molar-refractivity contribution in [1.82, 2.24) is 35.4 Å². The lowest BCUT2D eigenvalue weighted by Gasteiger charge is -2.42. The molecule has 1 unspecified atom stereocenters. The molecule has 0 spiro atoms. The molecule has 0 saturated carbocycles. The standard InChI is InChI=1S/C24H25FN10O4/c25-15-12-29-19(16-10-17(23(38)39)32-31-16)20-18(15)14(11-28-20)21(36)22(37)33-6-8-34(9-7-33)24(30-26)35(27)13-4-2-1-3-5-13/h1-5,10-12,24,28,30H,6-9,26-27H2,(H,31,32)(H,38,39). The number of aromatic amines is 2. The number of halogens is 1. The van der Waals surface area contributed by atoms with Gasteiger partial charge in [-0.25, -0.2) is 25.4 Å². The molecule has 4 heterocycles. The van der Waals surface area contributed by atoms with Gasteiger partial charge in [0.25, 0.3) is 11.7 Å². The SMILES string of the molecule is NNC(N1CCN(C(=O)C(=O)c2c[nH]c3c(-c4cc(C(=O)O)[nH]n4)ncc(F)c23)CC1)N(N)c1ccccc1.